The van der Waals surface area contributed by atoms with Crippen LogP contribution in [0.2, 0.25) is 0 Å². The van der Waals surface area contributed by atoms with Crippen molar-refractivity contribution in [1.29, 1.82) is 0 Å². The van der Waals surface area contributed by atoms with Crippen LogP contribution in [0.25, 0.3) is 39.1 Å². The highest BCUT2D eigenvalue weighted by Crippen LogP contribution is 2.37. The van der Waals surface area contributed by atoms with E-state index in [0.717, 1.165) is 28.1 Å². The average Bonchev–Trinajstić information content (AvgIpc) is 2.89. The van der Waals surface area contributed by atoms with Crippen molar-refractivity contribution in [2.75, 3.05) is 12.8 Å². The molecule has 0 aliphatic heterocycles. The molecule has 0 unspecified atom stereocenters. The fourth-order valence-electron chi connectivity index (χ4n) is 3.87. The first-order valence-electron chi connectivity index (χ1n) is 10.3. The van der Waals surface area contributed by atoms with E-state index in [0.29, 0.717) is 22.5 Å². The lowest BCUT2D eigenvalue weighted by atomic mass is 9.97. The SMILES string of the molecule is COc1ccc(-n2c(N)c3c(-c4ccccc4)c(-c4ccccc4)nnc3n/c2=N/N)cc1. The number of nitrogen functional groups attached to an aromatic ring is 1. The van der Waals surface area contributed by atoms with E-state index in [-0.39, 0.29) is 5.62 Å². The number of nitrogens with two attached hydrogens (primary N) is 2. The summed E-state index contributed by atoms with van der Waals surface area (Å²) in [6, 6.07) is 27.2. The van der Waals surface area contributed by atoms with E-state index in [1.54, 1.807) is 11.7 Å². The molecule has 8 heteroatoms. The summed E-state index contributed by atoms with van der Waals surface area (Å²) in [5, 5.41) is 13.4. The van der Waals surface area contributed by atoms with Gasteiger partial charge in [0, 0.05) is 11.1 Å². The number of fused-ring (bicyclic) bond motifs is 1. The first-order chi connectivity index (χ1) is 16.2. The summed E-state index contributed by atoms with van der Waals surface area (Å²) < 4.78 is 6.98. The molecule has 0 bridgehead atoms. The first-order valence-corrected chi connectivity index (χ1v) is 10.3. The van der Waals surface area contributed by atoms with Gasteiger partial charge in [-0.3, -0.25) is 4.57 Å². The monoisotopic (exact) mass is 435 g/mol. The van der Waals surface area contributed by atoms with Crippen LogP contribution in [-0.2, 0) is 0 Å². The van der Waals surface area contributed by atoms with Gasteiger partial charge in [0.15, 0.2) is 5.65 Å². The van der Waals surface area contributed by atoms with Gasteiger partial charge in [-0.2, -0.15) is 4.98 Å². The lowest BCUT2D eigenvalue weighted by molar-refractivity contribution is 0.414. The molecule has 5 aromatic rings. The van der Waals surface area contributed by atoms with Crippen LogP contribution in [0.5, 0.6) is 5.75 Å². The molecule has 0 saturated heterocycles. The van der Waals surface area contributed by atoms with Crippen LogP contribution in [-0.4, -0.2) is 26.9 Å². The van der Waals surface area contributed by atoms with Crippen LogP contribution >= 0.6 is 0 Å². The molecule has 5 rings (SSSR count). The minimum atomic E-state index is 0.214. The maximum absolute atomic E-state index is 6.79. The molecule has 2 heterocycles. The van der Waals surface area contributed by atoms with Crippen molar-refractivity contribution >= 4 is 16.9 Å². The van der Waals surface area contributed by atoms with Crippen molar-refractivity contribution in [2.24, 2.45) is 10.9 Å². The zero-order chi connectivity index (χ0) is 22.8. The van der Waals surface area contributed by atoms with Crippen LogP contribution in [0.4, 0.5) is 5.82 Å². The van der Waals surface area contributed by atoms with Crippen molar-refractivity contribution < 1.29 is 4.74 Å². The number of hydrogen-bond donors (Lipinski definition) is 2. The lowest BCUT2D eigenvalue weighted by Crippen LogP contribution is -2.28. The zero-order valence-corrected chi connectivity index (χ0v) is 17.9. The minimum Gasteiger partial charge on any atom is -0.497 e. The Morgan fingerprint density at radius 2 is 1.45 bits per heavy atom. The quantitative estimate of drug-likeness (QED) is 0.329. The number of anilines is 1. The van der Waals surface area contributed by atoms with Gasteiger partial charge in [-0.1, -0.05) is 60.7 Å². The Balaban J connectivity index is 1.91. The number of ether oxygens (including phenoxy) is 1. The van der Waals surface area contributed by atoms with Crippen LogP contribution in [0.1, 0.15) is 0 Å². The highest BCUT2D eigenvalue weighted by Gasteiger charge is 2.20. The fourth-order valence-corrected chi connectivity index (χ4v) is 3.87. The number of rotatable bonds is 4. The van der Waals surface area contributed by atoms with E-state index < -0.39 is 0 Å². The summed E-state index contributed by atoms with van der Waals surface area (Å²) in [6.45, 7) is 0. The van der Waals surface area contributed by atoms with Gasteiger partial charge >= 0.3 is 0 Å². The molecule has 162 valence electrons. The molecule has 0 saturated carbocycles. The minimum absolute atomic E-state index is 0.214. The van der Waals surface area contributed by atoms with Crippen molar-refractivity contribution in [3.05, 3.63) is 90.5 Å². The second-order valence-electron chi connectivity index (χ2n) is 7.31. The van der Waals surface area contributed by atoms with Gasteiger partial charge in [0.1, 0.15) is 17.3 Å². The number of benzene rings is 3. The van der Waals surface area contributed by atoms with E-state index in [4.69, 9.17) is 16.3 Å². The van der Waals surface area contributed by atoms with Crippen molar-refractivity contribution in [3.8, 4) is 33.8 Å². The van der Waals surface area contributed by atoms with E-state index in [1.165, 1.54) is 0 Å². The summed E-state index contributed by atoms with van der Waals surface area (Å²) in [5.41, 5.74) is 11.5. The largest absolute Gasteiger partial charge is 0.497 e. The van der Waals surface area contributed by atoms with Gasteiger partial charge in [-0.15, -0.1) is 15.3 Å². The van der Waals surface area contributed by atoms with Gasteiger partial charge in [0.25, 0.3) is 5.62 Å². The Hall–Kier alpha value is -4.72. The molecule has 0 amide bonds. The maximum atomic E-state index is 6.79. The van der Waals surface area contributed by atoms with Crippen molar-refractivity contribution in [2.45, 2.75) is 0 Å². The number of methoxy groups -OCH3 is 1. The predicted molar refractivity (Wildman–Crippen MR) is 128 cm³/mol. The Morgan fingerprint density at radius 3 is 2.06 bits per heavy atom. The summed E-state index contributed by atoms with van der Waals surface area (Å²) >= 11 is 0. The molecule has 33 heavy (non-hydrogen) atoms. The van der Waals surface area contributed by atoms with E-state index in [1.807, 2.05) is 84.9 Å². The Morgan fingerprint density at radius 1 is 0.818 bits per heavy atom. The molecule has 8 nitrogen and oxygen atoms in total. The maximum Gasteiger partial charge on any atom is 0.254 e. The van der Waals surface area contributed by atoms with Gasteiger partial charge < -0.3 is 16.3 Å². The molecule has 4 N–H and O–H groups in total. The van der Waals surface area contributed by atoms with Crippen molar-refractivity contribution in [3.63, 3.8) is 0 Å². The first kappa shape index (κ1) is 20.2. The second-order valence-corrected chi connectivity index (χ2v) is 7.31. The van der Waals surface area contributed by atoms with Gasteiger partial charge in [0.05, 0.1) is 18.2 Å². The molecular formula is C25H21N7O. The molecule has 0 radical (unpaired) electrons. The molecular weight excluding hydrogens is 414 g/mol. The standard InChI is InChI=1S/C25H21N7O/c1-33-19-14-12-18(13-15-19)32-23(26)21-20(16-8-4-2-5-9-16)22(17-10-6-3-7-11-17)30-31-24(21)28-25(32)29-27/h2-15H,26-27H2,1H3/b29-25-. The van der Waals surface area contributed by atoms with Crippen LogP contribution in [0, 0.1) is 0 Å². The number of nitrogens with zero attached hydrogens (tertiary/aromatic N) is 5. The Labute approximate surface area is 189 Å². The van der Waals surface area contributed by atoms with Gasteiger partial charge in [0.2, 0.25) is 0 Å². The van der Waals surface area contributed by atoms with E-state index in [9.17, 15) is 0 Å². The third-order valence-electron chi connectivity index (χ3n) is 5.41. The summed E-state index contributed by atoms with van der Waals surface area (Å²) in [5.74, 6) is 6.81. The molecule has 0 spiro atoms. The molecule has 0 atom stereocenters. The third kappa shape index (κ3) is 3.53. The Bertz CT molecular complexity index is 1500. The molecule has 0 aliphatic carbocycles. The summed E-state index contributed by atoms with van der Waals surface area (Å²) in [7, 11) is 1.62. The lowest BCUT2D eigenvalue weighted by Gasteiger charge is -2.17. The topological polar surface area (TPSA) is 117 Å². The normalized spacial score (nSPS) is 11.6. The number of hydrogen-bond acceptors (Lipinski definition) is 7. The van der Waals surface area contributed by atoms with E-state index in [2.05, 4.69) is 20.3 Å². The van der Waals surface area contributed by atoms with E-state index >= 15 is 0 Å². The highest BCUT2D eigenvalue weighted by molar-refractivity contribution is 6.04. The third-order valence-corrected chi connectivity index (χ3v) is 5.41. The number of aromatic nitrogens is 4. The van der Waals surface area contributed by atoms with Gasteiger partial charge in [-0.05, 0) is 29.8 Å². The smallest absolute Gasteiger partial charge is 0.254 e. The predicted octanol–water partition coefficient (Wildman–Crippen LogP) is 3.51. The van der Waals surface area contributed by atoms with Crippen LogP contribution < -0.4 is 21.9 Å². The zero-order valence-electron chi connectivity index (χ0n) is 17.9. The average molecular weight is 435 g/mol. The summed E-state index contributed by atoms with van der Waals surface area (Å²) in [4.78, 5) is 4.58. The fraction of sp³-hybridized carbons (Fsp3) is 0.0400. The molecule has 0 aliphatic rings. The molecule has 0 fully saturated rings. The second kappa shape index (κ2) is 8.43. The van der Waals surface area contributed by atoms with Crippen LogP contribution in [0.3, 0.4) is 0 Å². The molecule has 2 aromatic heterocycles. The summed E-state index contributed by atoms with van der Waals surface area (Å²) in [6.07, 6.45) is 0. The van der Waals surface area contributed by atoms with Crippen LogP contribution in [0.15, 0.2) is 90.0 Å². The highest BCUT2D eigenvalue weighted by atomic mass is 16.5. The Kier molecular flexibility index (Phi) is 5.16. The van der Waals surface area contributed by atoms with Crippen molar-refractivity contribution in [1.82, 2.24) is 19.7 Å². The molecule has 3 aromatic carbocycles. The van der Waals surface area contributed by atoms with Gasteiger partial charge in [-0.25, -0.2) is 0 Å².